The molecule has 0 heterocycles. The van der Waals surface area contributed by atoms with Crippen molar-refractivity contribution in [2.45, 2.75) is 19.4 Å². The highest BCUT2D eigenvalue weighted by Crippen LogP contribution is 2.24. The molecule has 4 heteroatoms. The number of aliphatic hydroxyl groups excluding tert-OH is 1. The average Bonchev–Trinajstić information content (AvgIpc) is 2.41. The summed E-state index contributed by atoms with van der Waals surface area (Å²) in [5.41, 5.74) is 0.684. The Hall–Kier alpha value is -1.18. The summed E-state index contributed by atoms with van der Waals surface area (Å²) in [5.74, 6) is 3.73. The lowest BCUT2D eigenvalue weighted by Crippen LogP contribution is -2.01. The summed E-state index contributed by atoms with van der Waals surface area (Å²) in [6.45, 7) is 0.762. The van der Waals surface area contributed by atoms with Crippen molar-refractivity contribution in [3.05, 3.63) is 23.8 Å². The minimum atomic E-state index is -0.0987. The minimum Gasteiger partial charge on any atom is -0.494 e. The van der Waals surface area contributed by atoms with Crippen LogP contribution in [0.25, 0.3) is 0 Å². The zero-order valence-electron chi connectivity index (χ0n) is 10.2. The Morgan fingerprint density at radius 1 is 1.28 bits per heavy atom. The SMILES string of the molecule is C#CCOc1ccc(OCCCCBr)cc1CO. The zero-order valence-corrected chi connectivity index (χ0v) is 11.8. The first-order valence-corrected chi connectivity index (χ1v) is 6.92. The fourth-order valence-corrected chi connectivity index (χ4v) is 1.81. The van der Waals surface area contributed by atoms with Crippen LogP contribution < -0.4 is 9.47 Å². The molecule has 0 aliphatic heterocycles. The second kappa shape index (κ2) is 8.84. The first-order chi connectivity index (χ1) is 8.81. The van der Waals surface area contributed by atoms with Crippen molar-refractivity contribution in [3.63, 3.8) is 0 Å². The molecule has 0 aromatic heterocycles. The van der Waals surface area contributed by atoms with Crippen LogP contribution in [0.5, 0.6) is 11.5 Å². The van der Waals surface area contributed by atoms with Crippen LogP contribution >= 0.6 is 15.9 Å². The molecule has 0 aliphatic carbocycles. The molecule has 98 valence electrons. The van der Waals surface area contributed by atoms with E-state index in [9.17, 15) is 5.11 Å². The maximum absolute atomic E-state index is 9.26. The van der Waals surface area contributed by atoms with Gasteiger partial charge in [-0.2, -0.15) is 0 Å². The number of rotatable bonds is 8. The van der Waals surface area contributed by atoms with E-state index in [1.807, 2.05) is 6.07 Å². The minimum absolute atomic E-state index is 0.0987. The quantitative estimate of drug-likeness (QED) is 0.456. The van der Waals surface area contributed by atoms with Crippen molar-refractivity contribution in [3.8, 4) is 23.8 Å². The lowest BCUT2D eigenvalue weighted by atomic mass is 10.2. The summed E-state index contributed by atoms with van der Waals surface area (Å²) in [6, 6.07) is 5.36. The zero-order chi connectivity index (χ0) is 13.2. The smallest absolute Gasteiger partial charge is 0.148 e. The van der Waals surface area contributed by atoms with E-state index in [0.29, 0.717) is 17.9 Å². The molecule has 0 bridgehead atoms. The van der Waals surface area contributed by atoms with Crippen molar-refractivity contribution < 1.29 is 14.6 Å². The van der Waals surface area contributed by atoms with E-state index in [-0.39, 0.29) is 13.2 Å². The molecule has 0 saturated heterocycles. The van der Waals surface area contributed by atoms with E-state index >= 15 is 0 Å². The van der Waals surface area contributed by atoms with Crippen molar-refractivity contribution in [1.82, 2.24) is 0 Å². The topological polar surface area (TPSA) is 38.7 Å². The van der Waals surface area contributed by atoms with Gasteiger partial charge >= 0.3 is 0 Å². The second-order valence-electron chi connectivity index (χ2n) is 3.66. The van der Waals surface area contributed by atoms with E-state index in [4.69, 9.17) is 15.9 Å². The molecule has 1 aromatic rings. The molecule has 0 spiro atoms. The summed E-state index contributed by atoms with van der Waals surface area (Å²) in [5, 5.41) is 10.2. The van der Waals surface area contributed by atoms with Gasteiger partial charge in [0.2, 0.25) is 0 Å². The number of aliphatic hydroxyl groups is 1. The Kier molecular flexibility index (Phi) is 7.31. The number of hydrogen-bond acceptors (Lipinski definition) is 3. The van der Waals surface area contributed by atoms with Gasteiger partial charge in [0.15, 0.2) is 0 Å². The molecule has 0 radical (unpaired) electrons. The normalized spacial score (nSPS) is 9.83. The second-order valence-corrected chi connectivity index (χ2v) is 4.46. The van der Waals surface area contributed by atoms with Gasteiger partial charge in [-0.1, -0.05) is 21.9 Å². The third kappa shape index (κ3) is 4.99. The number of halogens is 1. The van der Waals surface area contributed by atoms with Crippen LogP contribution in [0, 0.1) is 12.3 Å². The van der Waals surface area contributed by atoms with E-state index in [2.05, 4.69) is 21.9 Å². The third-order valence-electron chi connectivity index (χ3n) is 2.31. The Morgan fingerprint density at radius 3 is 2.78 bits per heavy atom. The van der Waals surface area contributed by atoms with Gasteiger partial charge in [-0.3, -0.25) is 0 Å². The van der Waals surface area contributed by atoms with E-state index in [1.165, 1.54) is 0 Å². The van der Waals surface area contributed by atoms with Crippen LogP contribution in [0.3, 0.4) is 0 Å². The van der Waals surface area contributed by atoms with Gasteiger partial charge in [0.1, 0.15) is 18.1 Å². The summed E-state index contributed by atoms with van der Waals surface area (Å²) >= 11 is 3.37. The van der Waals surface area contributed by atoms with Crippen LogP contribution in [-0.2, 0) is 6.61 Å². The monoisotopic (exact) mass is 312 g/mol. The van der Waals surface area contributed by atoms with E-state index in [1.54, 1.807) is 12.1 Å². The number of ether oxygens (including phenoxy) is 2. The average molecular weight is 313 g/mol. The molecule has 1 aromatic carbocycles. The molecule has 0 aliphatic rings. The number of alkyl halides is 1. The van der Waals surface area contributed by atoms with Crippen molar-refractivity contribution in [1.29, 1.82) is 0 Å². The molecule has 0 fully saturated rings. The Bertz CT molecular complexity index is 399. The van der Waals surface area contributed by atoms with Crippen molar-refractivity contribution in [2.75, 3.05) is 18.5 Å². The van der Waals surface area contributed by atoms with Crippen LogP contribution in [0.4, 0.5) is 0 Å². The van der Waals surface area contributed by atoms with Gasteiger partial charge in [0.05, 0.1) is 13.2 Å². The molecule has 1 rings (SSSR count). The Morgan fingerprint density at radius 2 is 2.11 bits per heavy atom. The van der Waals surface area contributed by atoms with Gasteiger partial charge in [-0.15, -0.1) is 6.42 Å². The number of hydrogen-bond donors (Lipinski definition) is 1. The number of benzene rings is 1. The molecular weight excluding hydrogens is 296 g/mol. The maximum atomic E-state index is 9.26. The lowest BCUT2D eigenvalue weighted by Gasteiger charge is -2.11. The fourth-order valence-electron chi connectivity index (χ4n) is 1.42. The van der Waals surface area contributed by atoms with Crippen LogP contribution in [0.1, 0.15) is 18.4 Å². The molecule has 0 saturated carbocycles. The largest absolute Gasteiger partial charge is 0.494 e. The molecular formula is C14H17BrO3. The Labute approximate surface area is 116 Å². The molecule has 3 nitrogen and oxygen atoms in total. The van der Waals surface area contributed by atoms with Gasteiger partial charge < -0.3 is 14.6 Å². The summed E-state index contributed by atoms with van der Waals surface area (Å²) in [6.07, 6.45) is 7.20. The molecule has 18 heavy (non-hydrogen) atoms. The van der Waals surface area contributed by atoms with Crippen LogP contribution in [-0.4, -0.2) is 23.7 Å². The molecule has 0 amide bonds. The van der Waals surface area contributed by atoms with Gasteiger partial charge in [0.25, 0.3) is 0 Å². The summed E-state index contributed by atoms with van der Waals surface area (Å²) in [4.78, 5) is 0. The van der Waals surface area contributed by atoms with Crippen LogP contribution in [0.2, 0.25) is 0 Å². The molecule has 0 unspecified atom stereocenters. The predicted octanol–water partition coefficient (Wildman–Crippen LogP) is 2.74. The standard InChI is InChI=1S/C14H17BrO3/c1-2-8-18-14-6-5-13(10-12(14)11-16)17-9-4-3-7-15/h1,5-6,10,16H,3-4,7-9,11H2. The van der Waals surface area contributed by atoms with Gasteiger partial charge in [0, 0.05) is 10.9 Å². The first kappa shape index (κ1) is 14.9. The molecule has 0 atom stereocenters. The number of unbranched alkanes of at least 4 members (excludes halogenated alkanes) is 1. The highest BCUT2D eigenvalue weighted by atomic mass is 79.9. The van der Waals surface area contributed by atoms with Crippen molar-refractivity contribution in [2.24, 2.45) is 0 Å². The summed E-state index contributed by atoms with van der Waals surface area (Å²) in [7, 11) is 0. The fraction of sp³-hybridized carbons (Fsp3) is 0.429. The van der Waals surface area contributed by atoms with Gasteiger partial charge in [-0.05, 0) is 31.0 Å². The maximum Gasteiger partial charge on any atom is 0.148 e. The highest BCUT2D eigenvalue weighted by molar-refractivity contribution is 9.09. The first-order valence-electron chi connectivity index (χ1n) is 5.80. The number of terminal acetylenes is 1. The highest BCUT2D eigenvalue weighted by Gasteiger charge is 2.05. The third-order valence-corrected chi connectivity index (χ3v) is 2.87. The van der Waals surface area contributed by atoms with E-state index in [0.717, 1.165) is 23.9 Å². The van der Waals surface area contributed by atoms with Crippen LogP contribution in [0.15, 0.2) is 18.2 Å². The lowest BCUT2D eigenvalue weighted by molar-refractivity contribution is 0.267. The van der Waals surface area contributed by atoms with E-state index < -0.39 is 0 Å². The van der Waals surface area contributed by atoms with Gasteiger partial charge in [-0.25, -0.2) is 0 Å². The Balaban J connectivity index is 2.58. The summed E-state index contributed by atoms with van der Waals surface area (Å²) < 4.78 is 10.9. The molecule has 1 N–H and O–H groups in total. The predicted molar refractivity (Wildman–Crippen MR) is 75.2 cm³/mol. The van der Waals surface area contributed by atoms with Crippen molar-refractivity contribution >= 4 is 15.9 Å².